The molecule has 1 aromatic rings. The Labute approximate surface area is 124 Å². The summed E-state index contributed by atoms with van der Waals surface area (Å²) < 4.78 is 26.7. The van der Waals surface area contributed by atoms with Crippen LogP contribution in [-0.2, 0) is 16.6 Å². The van der Waals surface area contributed by atoms with Crippen LogP contribution in [-0.4, -0.2) is 56.0 Å². The molecule has 1 saturated carbocycles. The second-order valence-corrected chi connectivity index (χ2v) is 8.61. The fourth-order valence-corrected chi connectivity index (χ4v) is 5.18. The van der Waals surface area contributed by atoms with Crippen LogP contribution in [0.4, 0.5) is 0 Å². The van der Waals surface area contributed by atoms with Gasteiger partial charge < -0.3 is 10.0 Å². The Morgan fingerprint density at radius 1 is 1.35 bits per heavy atom. The molecular formula is C13H22N2O3S2. The number of thiophene rings is 1. The predicted molar refractivity (Wildman–Crippen MR) is 80.3 cm³/mol. The molecule has 2 rings (SSSR count). The number of rotatable bonds is 6. The van der Waals surface area contributed by atoms with E-state index in [-0.39, 0.29) is 17.0 Å². The van der Waals surface area contributed by atoms with Crippen LogP contribution in [0, 0.1) is 0 Å². The van der Waals surface area contributed by atoms with Gasteiger partial charge in [0.2, 0.25) is 10.0 Å². The van der Waals surface area contributed by atoms with Crippen molar-refractivity contribution in [2.24, 2.45) is 0 Å². The molecule has 1 aromatic heterocycles. The highest BCUT2D eigenvalue weighted by Crippen LogP contribution is 2.38. The molecule has 7 heteroatoms. The Hall–Kier alpha value is -0.470. The summed E-state index contributed by atoms with van der Waals surface area (Å²) in [4.78, 5) is 2.87. The molecule has 0 unspecified atom stereocenters. The first-order chi connectivity index (χ1) is 9.33. The lowest BCUT2D eigenvalue weighted by atomic mass is 9.75. The maximum atomic E-state index is 12.6. The standard InChI is InChI=1S/C13H22N2O3S2/c1-14(2)13(6-4-7-13)10-15(3)20(17,18)12-5-8-19-11(12)9-16/h5,8,16H,4,6-7,9-10H2,1-3H3. The van der Waals surface area contributed by atoms with Crippen molar-refractivity contribution in [3.8, 4) is 0 Å². The molecule has 0 aliphatic heterocycles. The molecule has 1 aliphatic rings. The van der Waals surface area contributed by atoms with Gasteiger partial charge in [-0.3, -0.25) is 0 Å². The number of likely N-dealkylation sites (N-methyl/N-ethyl adjacent to an activating group) is 2. The van der Waals surface area contributed by atoms with Crippen molar-refractivity contribution in [3.05, 3.63) is 16.3 Å². The van der Waals surface area contributed by atoms with Crippen LogP contribution in [0.2, 0.25) is 0 Å². The van der Waals surface area contributed by atoms with Crippen LogP contribution >= 0.6 is 11.3 Å². The SMILES string of the molecule is CN(C)C1(CN(C)S(=O)(=O)c2ccsc2CO)CCC1. The number of nitrogens with zero attached hydrogens (tertiary/aromatic N) is 2. The maximum absolute atomic E-state index is 12.6. The summed E-state index contributed by atoms with van der Waals surface area (Å²) in [6.45, 7) is 0.252. The lowest BCUT2D eigenvalue weighted by Gasteiger charge is -2.48. The number of aliphatic hydroxyl groups excluding tert-OH is 1. The van der Waals surface area contributed by atoms with Gasteiger partial charge in [-0.2, -0.15) is 4.31 Å². The van der Waals surface area contributed by atoms with Crippen LogP contribution in [0.15, 0.2) is 16.3 Å². The van der Waals surface area contributed by atoms with E-state index in [1.165, 1.54) is 15.6 Å². The zero-order chi connectivity index (χ0) is 15.0. The van der Waals surface area contributed by atoms with E-state index >= 15 is 0 Å². The molecule has 1 fully saturated rings. The van der Waals surface area contributed by atoms with E-state index in [0.29, 0.717) is 11.4 Å². The highest BCUT2D eigenvalue weighted by atomic mass is 32.2. The molecule has 5 nitrogen and oxygen atoms in total. The third kappa shape index (κ3) is 2.65. The fraction of sp³-hybridized carbons (Fsp3) is 0.692. The monoisotopic (exact) mass is 318 g/mol. The van der Waals surface area contributed by atoms with Crippen molar-refractivity contribution in [1.82, 2.24) is 9.21 Å². The minimum absolute atomic E-state index is 0.0444. The molecule has 0 radical (unpaired) electrons. The first-order valence-corrected chi connectivity index (χ1v) is 8.96. The third-order valence-electron chi connectivity index (χ3n) is 4.29. The summed E-state index contributed by atoms with van der Waals surface area (Å²) in [7, 11) is 2.11. The van der Waals surface area contributed by atoms with Crippen molar-refractivity contribution in [3.63, 3.8) is 0 Å². The van der Waals surface area contributed by atoms with Crippen molar-refractivity contribution in [1.29, 1.82) is 0 Å². The Morgan fingerprint density at radius 3 is 2.45 bits per heavy atom. The van der Waals surface area contributed by atoms with Crippen LogP contribution in [0.1, 0.15) is 24.1 Å². The molecule has 0 atom stereocenters. The molecule has 1 aliphatic carbocycles. The Balaban J connectivity index is 2.22. The van der Waals surface area contributed by atoms with E-state index < -0.39 is 10.0 Å². The average Bonchev–Trinajstić information content (AvgIpc) is 2.81. The maximum Gasteiger partial charge on any atom is 0.244 e. The first kappa shape index (κ1) is 15.9. The summed E-state index contributed by atoms with van der Waals surface area (Å²) in [5, 5.41) is 11.0. The average molecular weight is 318 g/mol. The summed E-state index contributed by atoms with van der Waals surface area (Å²) in [5.41, 5.74) is -0.0444. The zero-order valence-corrected chi connectivity index (χ0v) is 13.8. The number of hydrogen-bond acceptors (Lipinski definition) is 5. The smallest absolute Gasteiger partial charge is 0.244 e. The highest BCUT2D eigenvalue weighted by Gasteiger charge is 2.42. The van der Waals surface area contributed by atoms with Gasteiger partial charge in [0, 0.05) is 24.0 Å². The Bertz CT molecular complexity index is 562. The summed E-state index contributed by atoms with van der Waals surface area (Å²) in [6.07, 6.45) is 3.19. The van der Waals surface area contributed by atoms with Gasteiger partial charge in [0.1, 0.15) is 0 Å². The van der Waals surface area contributed by atoms with Gasteiger partial charge in [-0.1, -0.05) is 0 Å². The van der Waals surface area contributed by atoms with Crippen molar-refractivity contribution in [2.45, 2.75) is 36.3 Å². The van der Waals surface area contributed by atoms with Gasteiger partial charge >= 0.3 is 0 Å². The minimum Gasteiger partial charge on any atom is -0.391 e. The molecule has 0 saturated heterocycles. The Morgan fingerprint density at radius 2 is 2.00 bits per heavy atom. The van der Waals surface area contributed by atoms with Crippen molar-refractivity contribution >= 4 is 21.4 Å². The second-order valence-electron chi connectivity index (χ2n) is 5.60. The molecule has 1 heterocycles. The highest BCUT2D eigenvalue weighted by molar-refractivity contribution is 7.89. The van der Waals surface area contributed by atoms with E-state index in [4.69, 9.17) is 0 Å². The number of hydrogen-bond donors (Lipinski definition) is 1. The topological polar surface area (TPSA) is 60.9 Å². The second kappa shape index (κ2) is 5.73. The summed E-state index contributed by atoms with van der Waals surface area (Å²) in [5.74, 6) is 0. The van der Waals surface area contributed by atoms with E-state index in [0.717, 1.165) is 19.3 Å². The summed E-state index contributed by atoms with van der Waals surface area (Å²) >= 11 is 1.27. The van der Waals surface area contributed by atoms with Crippen molar-refractivity contribution < 1.29 is 13.5 Å². The number of aliphatic hydroxyl groups is 1. The van der Waals surface area contributed by atoms with Gasteiger partial charge in [-0.05, 0) is 44.8 Å². The lowest BCUT2D eigenvalue weighted by molar-refractivity contribution is 0.0455. The molecule has 20 heavy (non-hydrogen) atoms. The third-order valence-corrected chi connectivity index (χ3v) is 7.21. The van der Waals surface area contributed by atoms with E-state index in [1.54, 1.807) is 18.5 Å². The first-order valence-electron chi connectivity index (χ1n) is 6.64. The molecule has 0 spiro atoms. The fourth-order valence-electron chi connectivity index (χ4n) is 2.67. The minimum atomic E-state index is -3.52. The molecular weight excluding hydrogens is 296 g/mol. The molecule has 0 amide bonds. The van der Waals surface area contributed by atoms with Gasteiger partial charge in [-0.25, -0.2) is 8.42 Å². The van der Waals surface area contributed by atoms with Gasteiger partial charge in [-0.15, -0.1) is 11.3 Å². The Kier molecular flexibility index (Phi) is 4.56. The van der Waals surface area contributed by atoms with Gasteiger partial charge in [0.15, 0.2) is 0 Å². The normalized spacial score (nSPS) is 18.5. The van der Waals surface area contributed by atoms with E-state index in [2.05, 4.69) is 4.90 Å². The van der Waals surface area contributed by atoms with Crippen LogP contribution < -0.4 is 0 Å². The molecule has 0 bridgehead atoms. The van der Waals surface area contributed by atoms with Gasteiger partial charge in [0.05, 0.1) is 11.5 Å². The quantitative estimate of drug-likeness (QED) is 0.860. The largest absolute Gasteiger partial charge is 0.391 e. The van der Waals surface area contributed by atoms with E-state index in [9.17, 15) is 13.5 Å². The molecule has 0 aromatic carbocycles. The number of sulfonamides is 1. The molecule has 1 N–H and O–H groups in total. The summed E-state index contributed by atoms with van der Waals surface area (Å²) in [6, 6.07) is 1.57. The zero-order valence-electron chi connectivity index (χ0n) is 12.2. The van der Waals surface area contributed by atoms with Gasteiger partial charge in [0.25, 0.3) is 0 Å². The van der Waals surface area contributed by atoms with Crippen LogP contribution in [0.3, 0.4) is 0 Å². The lowest BCUT2D eigenvalue weighted by Crippen LogP contribution is -2.57. The molecule has 114 valence electrons. The van der Waals surface area contributed by atoms with E-state index in [1.807, 2.05) is 14.1 Å². The predicted octanol–water partition coefficient (Wildman–Crippen LogP) is 1.35. The van der Waals surface area contributed by atoms with Crippen LogP contribution in [0.5, 0.6) is 0 Å². The van der Waals surface area contributed by atoms with Crippen molar-refractivity contribution in [2.75, 3.05) is 27.7 Å². The van der Waals surface area contributed by atoms with Crippen LogP contribution in [0.25, 0.3) is 0 Å².